The lowest BCUT2D eigenvalue weighted by Gasteiger charge is -2.18. The minimum Gasteiger partial charge on any atom is -0.356 e. The smallest absolute Gasteiger partial charge is 0.295 e. The number of carbonyl (C=O) groups is 2. The number of nitrogens with zero attached hydrogens (tertiary/aromatic N) is 3. The largest absolute Gasteiger partial charge is 0.356 e. The summed E-state index contributed by atoms with van der Waals surface area (Å²) in [5.41, 5.74) is 2.54. The maximum absolute atomic E-state index is 12.2. The van der Waals surface area contributed by atoms with Gasteiger partial charge in [-0.2, -0.15) is 5.11 Å². The summed E-state index contributed by atoms with van der Waals surface area (Å²) in [6.07, 6.45) is 0.113. The molecule has 0 bridgehead atoms. The zero-order valence-electron chi connectivity index (χ0n) is 13.2. The quantitative estimate of drug-likeness (QED) is 0.793. The van der Waals surface area contributed by atoms with E-state index in [-0.39, 0.29) is 30.8 Å². The average Bonchev–Trinajstić information content (AvgIpc) is 3.04. The van der Waals surface area contributed by atoms with Gasteiger partial charge < -0.3 is 9.84 Å². The third kappa shape index (κ3) is 2.91. The van der Waals surface area contributed by atoms with Gasteiger partial charge in [0, 0.05) is 17.5 Å². The van der Waals surface area contributed by atoms with Crippen LogP contribution < -0.4 is 5.32 Å². The van der Waals surface area contributed by atoms with Crippen molar-refractivity contribution in [3.63, 3.8) is 0 Å². The Hall–Kier alpha value is -3.35. The van der Waals surface area contributed by atoms with Gasteiger partial charge in [0.05, 0.1) is 6.42 Å². The number of amides is 2. The van der Waals surface area contributed by atoms with Crippen LogP contribution in [0.3, 0.4) is 0 Å². The van der Waals surface area contributed by atoms with E-state index in [0.717, 1.165) is 10.9 Å². The van der Waals surface area contributed by atoms with E-state index in [1.807, 2.05) is 30.3 Å². The molecule has 1 aromatic heterocycles. The average molecular weight is 334 g/mol. The second kappa shape index (κ2) is 6.27. The lowest BCUT2D eigenvalue weighted by molar-refractivity contribution is -0.120. The van der Waals surface area contributed by atoms with Crippen LogP contribution in [-0.2, 0) is 11.2 Å². The van der Waals surface area contributed by atoms with Gasteiger partial charge in [0.25, 0.3) is 5.91 Å². The van der Waals surface area contributed by atoms with E-state index < -0.39 is 0 Å². The van der Waals surface area contributed by atoms with E-state index >= 15 is 0 Å². The SMILES string of the molecule is O=C(Cc1noc2ccccc12)NCC1N=NC(=O)c2ccccc21. The number of para-hydroxylation sites is 1. The number of hydrogen-bond acceptors (Lipinski definition) is 5. The van der Waals surface area contributed by atoms with E-state index in [9.17, 15) is 9.59 Å². The van der Waals surface area contributed by atoms with Crippen LogP contribution in [0.25, 0.3) is 11.0 Å². The van der Waals surface area contributed by atoms with E-state index in [1.165, 1.54) is 0 Å². The Morgan fingerprint density at radius 2 is 1.92 bits per heavy atom. The van der Waals surface area contributed by atoms with Crippen molar-refractivity contribution in [3.05, 3.63) is 65.4 Å². The molecule has 2 aromatic carbocycles. The summed E-state index contributed by atoms with van der Waals surface area (Å²) < 4.78 is 5.20. The zero-order chi connectivity index (χ0) is 17.2. The monoisotopic (exact) mass is 334 g/mol. The molecule has 124 valence electrons. The number of azo groups is 1. The minimum atomic E-state index is -0.369. The molecule has 7 nitrogen and oxygen atoms in total. The summed E-state index contributed by atoms with van der Waals surface area (Å²) in [5.74, 6) is -0.545. The van der Waals surface area contributed by atoms with E-state index in [2.05, 4.69) is 20.7 Å². The summed E-state index contributed by atoms with van der Waals surface area (Å²) in [6.45, 7) is 0.266. The van der Waals surface area contributed by atoms with Crippen molar-refractivity contribution in [1.82, 2.24) is 10.5 Å². The number of hydrogen-bond donors (Lipinski definition) is 1. The number of carbonyl (C=O) groups excluding carboxylic acids is 2. The molecule has 1 atom stereocenters. The van der Waals surface area contributed by atoms with Crippen molar-refractivity contribution in [3.8, 4) is 0 Å². The third-order valence-electron chi connectivity index (χ3n) is 4.11. The van der Waals surface area contributed by atoms with Crippen molar-refractivity contribution in [2.75, 3.05) is 6.54 Å². The van der Waals surface area contributed by atoms with Gasteiger partial charge in [-0.3, -0.25) is 9.59 Å². The molecule has 1 N–H and O–H groups in total. The molecule has 4 rings (SSSR count). The van der Waals surface area contributed by atoms with Crippen LogP contribution in [0.4, 0.5) is 0 Å². The molecular formula is C18H14N4O3. The minimum absolute atomic E-state index is 0.113. The second-order valence-corrected chi connectivity index (χ2v) is 5.73. The molecule has 0 spiro atoms. The lowest BCUT2D eigenvalue weighted by atomic mass is 9.99. The summed E-state index contributed by atoms with van der Waals surface area (Å²) >= 11 is 0. The standard InChI is InChI=1S/C18H14N4O3/c23-17(9-14-13-7-3-4-8-16(13)25-22-14)19-10-15-11-5-1-2-6-12(11)18(24)21-20-15/h1-8,15H,9-10H2,(H,19,23). The molecule has 2 amide bonds. The van der Waals surface area contributed by atoms with Crippen LogP contribution in [0.15, 0.2) is 63.3 Å². The first-order chi connectivity index (χ1) is 12.2. The third-order valence-corrected chi connectivity index (χ3v) is 4.11. The van der Waals surface area contributed by atoms with E-state index in [4.69, 9.17) is 4.52 Å². The van der Waals surface area contributed by atoms with E-state index in [1.54, 1.807) is 18.2 Å². The molecular weight excluding hydrogens is 320 g/mol. The molecule has 25 heavy (non-hydrogen) atoms. The van der Waals surface area contributed by atoms with Gasteiger partial charge in [-0.1, -0.05) is 35.5 Å². The van der Waals surface area contributed by atoms with Gasteiger partial charge in [-0.25, -0.2) is 0 Å². The molecule has 0 fully saturated rings. The number of nitrogens with one attached hydrogen (secondary N) is 1. The highest BCUT2D eigenvalue weighted by Gasteiger charge is 2.24. The maximum Gasteiger partial charge on any atom is 0.295 e. The molecule has 0 radical (unpaired) electrons. The number of rotatable bonds is 4. The molecule has 2 heterocycles. The van der Waals surface area contributed by atoms with Crippen molar-refractivity contribution in [1.29, 1.82) is 0 Å². The molecule has 1 aliphatic heterocycles. The van der Waals surface area contributed by atoms with Gasteiger partial charge >= 0.3 is 0 Å². The van der Waals surface area contributed by atoms with Gasteiger partial charge in [0.15, 0.2) is 5.58 Å². The van der Waals surface area contributed by atoms with Crippen molar-refractivity contribution < 1.29 is 14.1 Å². The molecule has 0 aliphatic carbocycles. The highest BCUT2D eigenvalue weighted by molar-refractivity contribution is 5.97. The highest BCUT2D eigenvalue weighted by atomic mass is 16.5. The van der Waals surface area contributed by atoms with Crippen LogP contribution in [0.1, 0.15) is 27.7 Å². The van der Waals surface area contributed by atoms with Crippen molar-refractivity contribution in [2.24, 2.45) is 10.2 Å². The topological polar surface area (TPSA) is 96.9 Å². The molecule has 7 heteroatoms. The van der Waals surface area contributed by atoms with Crippen molar-refractivity contribution in [2.45, 2.75) is 12.5 Å². The Morgan fingerprint density at radius 1 is 1.12 bits per heavy atom. The molecule has 1 unspecified atom stereocenters. The Labute approximate surface area is 142 Å². The van der Waals surface area contributed by atoms with Crippen LogP contribution in [0.5, 0.6) is 0 Å². The molecule has 0 saturated carbocycles. The van der Waals surface area contributed by atoms with Crippen LogP contribution >= 0.6 is 0 Å². The first kappa shape index (κ1) is 15.2. The number of aromatic nitrogens is 1. The fourth-order valence-electron chi connectivity index (χ4n) is 2.86. The van der Waals surface area contributed by atoms with Gasteiger partial charge in [-0.15, -0.1) is 5.11 Å². The van der Waals surface area contributed by atoms with Gasteiger partial charge in [0.1, 0.15) is 11.7 Å². The predicted octanol–water partition coefficient (Wildman–Crippen LogP) is 2.83. The van der Waals surface area contributed by atoms with Crippen LogP contribution in [-0.4, -0.2) is 23.5 Å². The van der Waals surface area contributed by atoms with Crippen molar-refractivity contribution >= 4 is 22.8 Å². The Balaban J connectivity index is 1.44. The predicted molar refractivity (Wildman–Crippen MR) is 89.1 cm³/mol. The fraction of sp³-hybridized carbons (Fsp3) is 0.167. The van der Waals surface area contributed by atoms with Crippen LogP contribution in [0.2, 0.25) is 0 Å². The maximum atomic E-state index is 12.2. The molecule has 0 saturated heterocycles. The molecule has 3 aromatic rings. The first-order valence-electron chi connectivity index (χ1n) is 7.86. The highest BCUT2D eigenvalue weighted by Crippen LogP contribution is 2.26. The van der Waals surface area contributed by atoms with Gasteiger partial charge in [0.2, 0.25) is 5.91 Å². The Morgan fingerprint density at radius 3 is 2.84 bits per heavy atom. The number of benzene rings is 2. The first-order valence-corrected chi connectivity index (χ1v) is 7.86. The fourth-order valence-corrected chi connectivity index (χ4v) is 2.86. The normalized spacial score (nSPS) is 16.0. The summed E-state index contributed by atoms with van der Waals surface area (Å²) in [4.78, 5) is 24.0. The lowest BCUT2D eigenvalue weighted by Crippen LogP contribution is -2.30. The zero-order valence-corrected chi connectivity index (χ0v) is 13.2. The number of fused-ring (bicyclic) bond motifs is 2. The summed E-state index contributed by atoms with van der Waals surface area (Å²) in [7, 11) is 0. The van der Waals surface area contributed by atoms with Crippen LogP contribution in [0, 0.1) is 0 Å². The van der Waals surface area contributed by atoms with E-state index in [0.29, 0.717) is 16.8 Å². The summed E-state index contributed by atoms with van der Waals surface area (Å²) in [6, 6.07) is 14.2. The molecule has 1 aliphatic rings. The Kier molecular flexibility index (Phi) is 3.81. The van der Waals surface area contributed by atoms with Gasteiger partial charge in [-0.05, 0) is 23.8 Å². The second-order valence-electron chi connectivity index (χ2n) is 5.73. The Bertz CT molecular complexity index is 993. The summed E-state index contributed by atoms with van der Waals surface area (Å²) in [5, 5.41) is 15.3.